The van der Waals surface area contributed by atoms with Gasteiger partial charge in [0.1, 0.15) is 12.4 Å². The van der Waals surface area contributed by atoms with E-state index in [-0.39, 0.29) is 37.1 Å². The summed E-state index contributed by atoms with van der Waals surface area (Å²) in [5.74, 6) is -1.76. The molecule has 1 aromatic heterocycles. The van der Waals surface area contributed by atoms with Crippen molar-refractivity contribution in [1.82, 2.24) is 20.2 Å². The van der Waals surface area contributed by atoms with Crippen LogP contribution in [-0.2, 0) is 16.1 Å². The Hall–Kier alpha value is -4.27. The monoisotopic (exact) mass is 474 g/mol. The number of aliphatic carboxylic acids is 1. The van der Waals surface area contributed by atoms with Crippen LogP contribution in [0.3, 0.4) is 0 Å². The number of benzene rings is 2. The van der Waals surface area contributed by atoms with Crippen LogP contribution >= 0.6 is 0 Å². The standard InChI is InChI=1S/C26H26N4O5/c1-16(25(32)33)14-30(2)24(31)17-11-27-23(28-12-17)13-29-26(34)35-15-22-20-9-5-3-7-18(20)19-8-4-6-10-21(19)22/h3-12,16,22H,13-15H2,1-2H3,(H,29,34)(H,32,33). The van der Waals surface area contributed by atoms with Gasteiger partial charge in [0.15, 0.2) is 0 Å². The van der Waals surface area contributed by atoms with Gasteiger partial charge in [-0.1, -0.05) is 55.5 Å². The summed E-state index contributed by atoms with van der Waals surface area (Å²) in [6.07, 6.45) is 2.12. The molecule has 0 fully saturated rings. The molecule has 1 aliphatic carbocycles. The molecule has 1 unspecified atom stereocenters. The van der Waals surface area contributed by atoms with Crippen molar-refractivity contribution < 1.29 is 24.2 Å². The summed E-state index contributed by atoms with van der Waals surface area (Å²) in [6, 6.07) is 16.2. The summed E-state index contributed by atoms with van der Waals surface area (Å²) in [5, 5.41) is 11.6. The van der Waals surface area contributed by atoms with E-state index in [4.69, 9.17) is 9.84 Å². The molecule has 9 nitrogen and oxygen atoms in total. The molecule has 35 heavy (non-hydrogen) atoms. The van der Waals surface area contributed by atoms with Crippen molar-refractivity contribution in [1.29, 1.82) is 0 Å². The van der Waals surface area contributed by atoms with Crippen molar-refractivity contribution in [3.8, 4) is 11.1 Å². The third kappa shape index (κ3) is 5.29. The molecule has 0 bridgehead atoms. The predicted molar refractivity (Wildman–Crippen MR) is 128 cm³/mol. The maximum atomic E-state index is 12.4. The number of nitrogens with zero attached hydrogens (tertiary/aromatic N) is 3. The van der Waals surface area contributed by atoms with Crippen LogP contribution in [0.4, 0.5) is 4.79 Å². The highest BCUT2D eigenvalue weighted by molar-refractivity contribution is 5.93. The summed E-state index contributed by atoms with van der Waals surface area (Å²) in [7, 11) is 1.52. The first kappa shape index (κ1) is 23.9. The minimum atomic E-state index is -0.976. The molecule has 9 heteroatoms. The Kier molecular flexibility index (Phi) is 7.05. The highest BCUT2D eigenvalue weighted by Crippen LogP contribution is 2.44. The fraction of sp³-hybridized carbons (Fsp3) is 0.269. The van der Waals surface area contributed by atoms with Gasteiger partial charge in [-0.05, 0) is 22.3 Å². The highest BCUT2D eigenvalue weighted by Gasteiger charge is 2.29. The number of carbonyl (C=O) groups is 3. The van der Waals surface area contributed by atoms with E-state index in [0.717, 1.165) is 22.3 Å². The number of hydrogen-bond donors (Lipinski definition) is 2. The molecule has 0 aliphatic heterocycles. The number of amides is 2. The highest BCUT2D eigenvalue weighted by atomic mass is 16.5. The number of hydrogen-bond acceptors (Lipinski definition) is 6. The fourth-order valence-corrected chi connectivity index (χ4v) is 4.15. The minimum absolute atomic E-state index is 0.0319. The zero-order chi connectivity index (χ0) is 24.9. The van der Waals surface area contributed by atoms with Crippen molar-refractivity contribution in [2.45, 2.75) is 19.4 Å². The molecule has 2 aromatic carbocycles. The summed E-state index contributed by atoms with van der Waals surface area (Å²) >= 11 is 0. The van der Waals surface area contributed by atoms with Crippen molar-refractivity contribution in [2.24, 2.45) is 5.92 Å². The van der Waals surface area contributed by atoms with E-state index in [1.165, 1.54) is 31.3 Å². The van der Waals surface area contributed by atoms with Crippen LogP contribution in [0.5, 0.6) is 0 Å². The number of fused-ring (bicyclic) bond motifs is 3. The lowest BCUT2D eigenvalue weighted by molar-refractivity contribution is -0.141. The molecule has 1 atom stereocenters. The number of carboxylic acids is 1. The topological polar surface area (TPSA) is 122 Å². The zero-order valence-electron chi connectivity index (χ0n) is 19.5. The maximum Gasteiger partial charge on any atom is 0.407 e. The minimum Gasteiger partial charge on any atom is -0.481 e. The second-order valence-electron chi connectivity index (χ2n) is 8.49. The van der Waals surface area contributed by atoms with Crippen molar-refractivity contribution in [2.75, 3.05) is 20.2 Å². The molecule has 0 radical (unpaired) electrons. The Morgan fingerprint density at radius 3 is 2.17 bits per heavy atom. The number of rotatable bonds is 8. The Labute approximate surface area is 202 Å². The predicted octanol–water partition coefficient (Wildman–Crippen LogP) is 3.31. The molecule has 180 valence electrons. The number of carboxylic acid groups (broad SMARTS) is 1. The zero-order valence-corrected chi connectivity index (χ0v) is 19.5. The average molecular weight is 475 g/mol. The summed E-state index contributed by atoms with van der Waals surface area (Å²) in [5.41, 5.74) is 4.81. The molecule has 0 saturated carbocycles. The van der Waals surface area contributed by atoms with Crippen LogP contribution in [0, 0.1) is 5.92 Å². The van der Waals surface area contributed by atoms with E-state index in [1.807, 2.05) is 24.3 Å². The first-order valence-electron chi connectivity index (χ1n) is 11.2. The van der Waals surface area contributed by atoms with Gasteiger partial charge in [0.2, 0.25) is 0 Å². The van der Waals surface area contributed by atoms with Crippen LogP contribution in [0.1, 0.15) is 40.2 Å². The van der Waals surface area contributed by atoms with Gasteiger partial charge < -0.3 is 20.1 Å². The molecule has 2 N–H and O–H groups in total. The van der Waals surface area contributed by atoms with Gasteiger partial charge in [-0.25, -0.2) is 14.8 Å². The van der Waals surface area contributed by atoms with Gasteiger partial charge in [-0.2, -0.15) is 0 Å². The molecule has 3 aromatic rings. The van der Waals surface area contributed by atoms with E-state index in [9.17, 15) is 14.4 Å². The van der Waals surface area contributed by atoms with Crippen LogP contribution in [0.25, 0.3) is 11.1 Å². The number of carbonyl (C=O) groups excluding carboxylic acids is 2. The van der Waals surface area contributed by atoms with Gasteiger partial charge in [0.05, 0.1) is 18.0 Å². The van der Waals surface area contributed by atoms with Crippen LogP contribution in [0.15, 0.2) is 60.9 Å². The van der Waals surface area contributed by atoms with Crippen molar-refractivity contribution >= 4 is 18.0 Å². The normalized spacial score (nSPS) is 12.9. The van der Waals surface area contributed by atoms with Crippen molar-refractivity contribution in [3.63, 3.8) is 0 Å². The summed E-state index contributed by atoms with van der Waals surface area (Å²) < 4.78 is 5.50. The lowest BCUT2D eigenvalue weighted by atomic mass is 9.98. The molecule has 1 heterocycles. The first-order chi connectivity index (χ1) is 16.8. The third-order valence-electron chi connectivity index (χ3n) is 6.00. The van der Waals surface area contributed by atoms with E-state index in [2.05, 4.69) is 39.6 Å². The largest absolute Gasteiger partial charge is 0.481 e. The van der Waals surface area contributed by atoms with Gasteiger partial charge in [-0.3, -0.25) is 9.59 Å². The fourth-order valence-electron chi connectivity index (χ4n) is 4.15. The number of aromatic nitrogens is 2. The second-order valence-corrected chi connectivity index (χ2v) is 8.49. The first-order valence-corrected chi connectivity index (χ1v) is 11.2. The van der Waals surface area contributed by atoms with Gasteiger partial charge >= 0.3 is 12.1 Å². The lowest BCUT2D eigenvalue weighted by Gasteiger charge is -2.19. The third-order valence-corrected chi connectivity index (χ3v) is 6.00. The molecule has 1 aliphatic rings. The summed E-state index contributed by atoms with van der Waals surface area (Å²) in [4.78, 5) is 45.3. The Morgan fingerprint density at radius 2 is 1.60 bits per heavy atom. The Morgan fingerprint density at radius 1 is 1.03 bits per heavy atom. The van der Waals surface area contributed by atoms with E-state index in [0.29, 0.717) is 5.82 Å². The van der Waals surface area contributed by atoms with Gasteiger partial charge in [0, 0.05) is 31.9 Å². The Bertz CT molecular complexity index is 1200. The second kappa shape index (κ2) is 10.3. The van der Waals surface area contributed by atoms with E-state index >= 15 is 0 Å². The molecule has 2 amide bonds. The lowest BCUT2D eigenvalue weighted by Crippen LogP contribution is -2.34. The smallest absolute Gasteiger partial charge is 0.407 e. The van der Waals surface area contributed by atoms with Crippen LogP contribution < -0.4 is 5.32 Å². The van der Waals surface area contributed by atoms with Crippen LogP contribution in [0.2, 0.25) is 0 Å². The number of nitrogens with one attached hydrogen (secondary N) is 1. The number of alkyl carbamates (subject to hydrolysis) is 1. The number of ether oxygens (including phenoxy) is 1. The average Bonchev–Trinajstić information content (AvgIpc) is 3.19. The van der Waals surface area contributed by atoms with Crippen molar-refractivity contribution in [3.05, 3.63) is 83.4 Å². The maximum absolute atomic E-state index is 12.4. The Balaban J connectivity index is 1.30. The molecule has 4 rings (SSSR count). The van der Waals surface area contributed by atoms with Gasteiger partial charge in [0.25, 0.3) is 5.91 Å². The quantitative estimate of drug-likeness (QED) is 0.514. The van der Waals surface area contributed by atoms with E-state index in [1.54, 1.807) is 0 Å². The van der Waals surface area contributed by atoms with Crippen LogP contribution in [-0.4, -0.2) is 58.1 Å². The summed E-state index contributed by atoms with van der Waals surface area (Å²) in [6.45, 7) is 1.84. The van der Waals surface area contributed by atoms with Gasteiger partial charge in [-0.15, -0.1) is 0 Å². The van der Waals surface area contributed by atoms with E-state index < -0.39 is 18.0 Å². The SMILES string of the molecule is CC(CN(C)C(=O)c1cnc(CNC(=O)OCC2c3ccccc3-c3ccccc32)nc1)C(=O)O. The molecule has 0 spiro atoms. The molecular weight excluding hydrogens is 448 g/mol. The molecule has 0 saturated heterocycles. The molecular formula is C26H26N4O5.